The summed E-state index contributed by atoms with van der Waals surface area (Å²) < 4.78 is 0. The molecule has 1 N–H and O–H groups in total. The van der Waals surface area contributed by atoms with E-state index in [0.717, 1.165) is 41.7 Å². The van der Waals surface area contributed by atoms with Crippen molar-refractivity contribution in [2.75, 3.05) is 0 Å². The van der Waals surface area contributed by atoms with Gasteiger partial charge in [0, 0.05) is 12.0 Å². The molecular weight excluding hydrogens is 272 g/mol. The molecule has 3 rings (SSSR count). The van der Waals surface area contributed by atoms with Gasteiger partial charge in [0.1, 0.15) is 0 Å². The molecule has 0 aromatic rings. The van der Waals surface area contributed by atoms with Crippen LogP contribution in [-0.2, 0) is 4.79 Å². The predicted octanol–water partition coefficient (Wildman–Crippen LogP) is 4.52. The maximum absolute atomic E-state index is 12.5. The van der Waals surface area contributed by atoms with E-state index in [0.29, 0.717) is 12.3 Å². The minimum atomic E-state index is -0.901. The molecule has 0 radical (unpaired) electrons. The second-order valence-corrected chi connectivity index (χ2v) is 9.13. The summed E-state index contributed by atoms with van der Waals surface area (Å²) in [7, 11) is 0. The molecule has 1 fully saturated rings. The van der Waals surface area contributed by atoms with Crippen LogP contribution in [0.5, 0.6) is 0 Å². The van der Waals surface area contributed by atoms with Gasteiger partial charge in [0.2, 0.25) is 0 Å². The van der Waals surface area contributed by atoms with E-state index in [9.17, 15) is 9.90 Å². The standard InChI is InChI=1S/C20H32O2/c1-12(2)14-8-9-19(4)10-16-18(13(3)6-7-15(14)19)17(21)11-20(16,5)22/h12-15,22H,6-11H2,1-5H3/t13-,14+,15-,19+,20+/m0/s1. The monoisotopic (exact) mass is 304 g/mol. The van der Waals surface area contributed by atoms with Crippen LogP contribution in [-0.4, -0.2) is 16.5 Å². The number of carbonyl (C=O) groups is 1. The van der Waals surface area contributed by atoms with Gasteiger partial charge < -0.3 is 5.11 Å². The fourth-order valence-corrected chi connectivity index (χ4v) is 5.79. The molecule has 0 amide bonds. The Morgan fingerprint density at radius 3 is 2.45 bits per heavy atom. The van der Waals surface area contributed by atoms with Crippen molar-refractivity contribution in [2.24, 2.45) is 29.1 Å². The predicted molar refractivity (Wildman–Crippen MR) is 89.4 cm³/mol. The summed E-state index contributed by atoms with van der Waals surface area (Å²) in [5, 5.41) is 10.8. The Morgan fingerprint density at radius 1 is 1.14 bits per heavy atom. The quantitative estimate of drug-likeness (QED) is 0.773. The lowest BCUT2D eigenvalue weighted by atomic mass is 9.65. The van der Waals surface area contributed by atoms with Gasteiger partial charge >= 0.3 is 0 Å². The minimum Gasteiger partial charge on any atom is -0.385 e. The molecule has 2 heteroatoms. The van der Waals surface area contributed by atoms with Gasteiger partial charge in [-0.05, 0) is 73.7 Å². The van der Waals surface area contributed by atoms with Gasteiger partial charge in [-0.15, -0.1) is 0 Å². The molecule has 0 aliphatic heterocycles. The summed E-state index contributed by atoms with van der Waals surface area (Å²) in [6, 6.07) is 0. The van der Waals surface area contributed by atoms with E-state index in [-0.39, 0.29) is 11.2 Å². The average molecular weight is 304 g/mol. The largest absolute Gasteiger partial charge is 0.385 e. The van der Waals surface area contributed by atoms with Gasteiger partial charge in [-0.2, -0.15) is 0 Å². The average Bonchev–Trinajstić information content (AvgIpc) is 2.80. The number of rotatable bonds is 1. The van der Waals surface area contributed by atoms with Crippen LogP contribution in [0.4, 0.5) is 0 Å². The lowest BCUT2D eigenvalue weighted by Crippen LogP contribution is -2.34. The summed E-state index contributed by atoms with van der Waals surface area (Å²) >= 11 is 0. The molecule has 3 aliphatic rings. The lowest BCUT2D eigenvalue weighted by Gasteiger charge is -2.40. The van der Waals surface area contributed by atoms with E-state index < -0.39 is 5.60 Å². The van der Waals surface area contributed by atoms with E-state index >= 15 is 0 Å². The molecule has 1 saturated carbocycles. The molecule has 124 valence electrons. The summed E-state index contributed by atoms with van der Waals surface area (Å²) in [6.07, 6.45) is 6.13. The van der Waals surface area contributed by atoms with Crippen molar-refractivity contribution in [3.8, 4) is 0 Å². The topological polar surface area (TPSA) is 37.3 Å². The Morgan fingerprint density at radius 2 is 1.82 bits per heavy atom. The number of carbonyl (C=O) groups excluding carboxylic acids is 1. The first-order chi connectivity index (χ1) is 10.2. The lowest BCUT2D eigenvalue weighted by molar-refractivity contribution is -0.117. The highest BCUT2D eigenvalue weighted by Crippen LogP contribution is 2.58. The SMILES string of the molecule is CC(C)[C@H]1CC[C@]2(C)CC3=C(C(=O)C[C@@]3(C)O)[C@@H](C)CC[C@@H]12. The Hall–Kier alpha value is -0.630. The third kappa shape index (κ3) is 2.38. The van der Waals surface area contributed by atoms with E-state index in [1.165, 1.54) is 19.3 Å². The van der Waals surface area contributed by atoms with Gasteiger partial charge in [0.15, 0.2) is 5.78 Å². The Bertz CT molecular complexity index is 514. The maximum Gasteiger partial charge on any atom is 0.162 e. The van der Waals surface area contributed by atoms with Crippen LogP contribution in [0.2, 0.25) is 0 Å². The molecule has 22 heavy (non-hydrogen) atoms. The van der Waals surface area contributed by atoms with Crippen molar-refractivity contribution >= 4 is 5.78 Å². The van der Waals surface area contributed by atoms with Gasteiger partial charge in [0.05, 0.1) is 5.60 Å². The van der Waals surface area contributed by atoms with Crippen LogP contribution in [0.1, 0.15) is 73.1 Å². The Kier molecular flexibility index (Phi) is 3.83. The molecule has 0 aromatic heterocycles. The zero-order chi connectivity index (χ0) is 16.3. The van der Waals surface area contributed by atoms with Crippen LogP contribution >= 0.6 is 0 Å². The first-order valence-corrected chi connectivity index (χ1v) is 9.15. The molecule has 3 aliphatic carbocycles. The van der Waals surface area contributed by atoms with Gasteiger partial charge in [-0.25, -0.2) is 0 Å². The van der Waals surface area contributed by atoms with Crippen LogP contribution < -0.4 is 0 Å². The number of fused-ring (bicyclic) bond motifs is 1. The zero-order valence-electron chi connectivity index (χ0n) is 14.9. The summed E-state index contributed by atoms with van der Waals surface area (Å²) in [5.41, 5.74) is 1.44. The van der Waals surface area contributed by atoms with E-state index in [4.69, 9.17) is 0 Å². The number of Topliss-reactive ketones (excluding diaryl/α,β-unsaturated/α-hetero) is 1. The molecule has 0 spiro atoms. The van der Waals surface area contributed by atoms with Crippen molar-refractivity contribution in [3.63, 3.8) is 0 Å². The van der Waals surface area contributed by atoms with Crippen LogP contribution in [0.25, 0.3) is 0 Å². The number of ketones is 1. The molecular formula is C20H32O2. The highest BCUT2D eigenvalue weighted by Gasteiger charge is 2.51. The smallest absolute Gasteiger partial charge is 0.162 e. The molecule has 0 saturated heterocycles. The third-order valence-electron chi connectivity index (χ3n) is 7.08. The zero-order valence-corrected chi connectivity index (χ0v) is 14.9. The van der Waals surface area contributed by atoms with Crippen LogP contribution in [0.15, 0.2) is 11.1 Å². The fourth-order valence-electron chi connectivity index (χ4n) is 5.79. The fraction of sp³-hybridized carbons (Fsp3) is 0.850. The Labute approximate surface area is 135 Å². The van der Waals surface area contributed by atoms with Crippen molar-refractivity contribution in [3.05, 3.63) is 11.1 Å². The third-order valence-corrected chi connectivity index (χ3v) is 7.08. The second-order valence-electron chi connectivity index (χ2n) is 9.13. The Balaban J connectivity index is 2.01. The van der Waals surface area contributed by atoms with E-state index in [1.807, 2.05) is 6.92 Å². The summed E-state index contributed by atoms with van der Waals surface area (Å²) in [5.74, 6) is 2.81. The molecule has 0 unspecified atom stereocenters. The molecule has 0 heterocycles. The number of allylic oxidation sites excluding steroid dienone is 1. The maximum atomic E-state index is 12.5. The number of aliphatic hydroxyl groups is 1. The summed E-state index contributed by atoms with van der Waals surface area (Å²) in [6.45, 7) is 11.2. The van der Waals surface area contributed by atoms with Crippen molar-refractivity contribution in [1.82, 2.24) is 0 Å². The number of hydrogen-bond acceptors (Lipinski definition) is 2. The van der Waals surface area contributed by atoms with E-state index in [1.54, 1.807) is 0 Å². The first kappa shape index (κ1) is 16.2. The minimum absolute atomic E-state index is 0.202. The highest BCUT2D eigenvalue weighted by atomic mass is 16.3. The second kappa shape index (κ2) is 5.19. The highest BCUT2D eigenvalue weighted by molar-refractivity contribution is 6.00. The molecule has 2 nitrogen and oxygen atoms in total. The van der Waals surface area contributed by atoms with Crippen LogP contribution in [0, 0.1) is 29.1 Å². The molecule has 0 bridgehead atoms. The van der Waals surface area contributed by atoms with Crippen LogP contribution in [0.3, 0.4) is 0 Å². The van der Waals surface area contributed by atoms with Gasteiger partial charge in [-0.3, -0.25) is 4.79 Å². The normalized spacial score (nSPS) is 45.8. The van der Waals surface area contributed by atoms with Crippen molar-refractivity contribution in [1.29, 1.82) is 0 Å². The molecule has 5 atom stereocenters. The van der Waals surface area contributed by atoms with Crippen molar-refractivity contribution < 1.29 is 9.90 Å². The molecule has 0 aromatic carbocycles. The first-order valence-electron chi connectivity index (χ1n) is 9.15. The van der Waals surface area contributed by atoms with Gasteiger partial charge in [-0.1, -0.05) is 27.7 Å². The number of hydrogen-bond donors (Lipinski definition) is 1. The summed E-state index contributed by atoms with van der Waals surface area (Å²) in [4.78, 5) is 12.5. The van der Waals surface area contributed by atoms with Gasteiger partial charge in [0.25, 0.3) is 0 Å². The van der Waals surface area contributed by atoms with Crippen molar-refractivity contribution in [2.45, 2.75) is 78.7 Å². The van der Waals surface area contributed by atoms with E-state index in [2.05, 4.69) is 27.7 Å².